The number of amides is 1. The fraction of sp³-hybridized carbons (Fsp3) is 0.167. The van der Waals surface area contributed by atoms with Gasteiger partial charge in [0.2, 0.25) is 5.95 Å². The molecule has 1 unspecified atom stereocenters. The van der Waals surface area contributed by atoms with E-state index in [1.165, 1.54) is 17.9 Å². The number of hydroxylamine groups is 1. The first kappa shape index (κ1) is 12.9. The third-order valence-corrected chi connectivity index (χ3v) is 2.57. The van der Waals surface area contributed by atoms with E-state index in [1.807, 2.05) is 19.1 Å². The zero-order valence-corrected chi connectivity index (χ0v) is 10.2. The zero-order chi connectivity index (χ0) is 13.7. The van der Waals surface area contributed by atoms with Crippen molar-refractivity contribution in [2.45, 2.75) is 13.0 Å². The summed E-state index contributed by atoms with van der Waals surface area (Å²) in [6.45, 7) is 1.97. The average molecular weight is 259 g/mol. The molecule has 0 fully saturated rings. The van der Waals surface area contributed by atoms with E-state index in [-0.39, 0.29) is 11.6 Å². The molecule has 3 N–H and O–H groups in total. The molecule has 98 valence electrons. The molecule has 2 rings (SSSR count). The number of nitrogens with one attached hydrogen (secondary N) is 2. The van der Waals surface area contributed by atoms with Crippen LogP contribution in [0, 0.1) is 0 Å². The molecule has 0 aliphatic heterocycles. The molecule has 0 bridgehead atoms. The number of pyridine rings is 1. The third kappa shape index (κ3) is 3.23. The van der Waals surface area contributed by atoms with Crippen LogP contribution in [0.3, 0.4) is 0 Å². The van der Waals surface area contributed by atoms with Crippen molar-refractivity contribution >= 4 is 11.9 Å². The Kier molecular flexibility index (Phi) is 3.99. The van der Waals surface area contributed by atoms with Crippen molar-refractivity contribution in [3.63, 3.8) is 0 Å². The lowest BCUT2D eigenvalue weighted by molar-refractivity contribution is 0.0705. The summed E-state index contributed by atoms with van der Waals surface area (Å²) in [5.74, 6) is -0.243. The number of anilines is 1. The van der Waals surface area contributed by atoms with Crippen LogP contribution >= 0.6 is 0 Å². The van der Waals surface area contributed by atoms with Crippen molar-refractivity contribution in [2.24, 2.45) is 0 Å². The molecule has 0 saturated carbocycles. The molecule has 2 aromatic heterocycles. The van der Waals surface area contributed by atoms with Gasteiger partial charge >= 0.3 is 0 Å². The Morgan fingerprint density at radius 3 is 2.47 bits per heavy atom. The van der Waals surface area contributed by atoms with E-state index in [2.05, 4.69) is 20.3 Å². The summed E-state index contributed by atoms with van der Waals surface area (Å²) in [5, 5.41) is 11.6. The van der Waals surface area contributed by atoms with Crippen molar-refractivity contribution in [1.29, 1.82) is 0 Å². The van der Waals surface area contributed by atoms with E-state index in [0.29, 0.717) is 5.95 Å². The normalized spacial score (nSPS) is 11.7. The van der Waals surface area contributed by atoms with Crippen LogP contribution < -0.4 is 10.8 Å². The van der Waals surface area contributed by atoms with Crippen LogP contribution in [-0.2, 0) is 0 Å². The molecular weight excluding hydrogens is 246 g/mol. The van der Waals surface area contributed by atoms with E-state index in [9.17, 15) is 4.79 Å². The Balaban J connectivity index is 2.06. The lowest BCUT2D eigenvalue weighted by Gasteiger charge is -2.13. The van der Waals surface area contributed by atoms with Gasteiger partial charge in [0, 0.05) is 24.8 Å². The second kappa shape index (κ2) is 5.87. The van der Waals surface area contributed by atoms with Crippen molar-refractivity contribution < 1.29 is 10.0 Å². The van der Waals surface area contributed by atoms with Gasteiger partial charge in [-0.25, -0.2) is 15.4 Å². The summed E-state index contributed by atoms with van der Waals surface area (Å²) in [4.78, 5) is 23.1. The van der Waals surface area contributed by atoms with E-state index >= 15 is 0 Å². The van der Waals surface area contributed by atoms with Gasteiger partial charge in [0.25, 0.3) is 5.91 Å². The summed E-state index contributed by atoms with van der Waals surface area (Å²) in [7, 11) is 0. The molecule has 0 spiro atoms. The first-order chi connectivity index (χ1) is 9.20. The highest BCUT2D eigenvalue weighted by atomic mass is 16.5. The predicted octanol–water partition coefficient (Wildman–Crippen LogP) is 1.16. The Labute approximate surface area is 109 Å². The number of hydrogen-bond acceptors (Lipinski definition) is 6. The molecule has 1 amide bonds. The minimum atomic E-state index is -0.645. The van der Waals surface area contributed by atoms with Gasteiger partial charge in [-0.15, -0.1) is 0 Å². The number of rotatable bonds is 4. The summed E-state index contributed by atoms with van der Waals surface area (Å²) in [5.41, 5.74) is 2.76. The average Bonchev–Trinajstić information content (AvgIpc) is 2.48. The van der Waals surface area contributed by atoms with E-state index in [0.717, 1.165) is 5.56 Å². The van der Waals surface area contributed by atoms with Crippen molar-refractivity contribution in [3.05, 3.63) is 48.0 Å². The molecule has 0 aliphatic carbocycles. The maximum Gasteiger partial charge on any atom is 0.277 e. The van der Waals surface area contributed by atoms with Crippen LogP contribution in [0.25, 0.3) is 0 Å². The highest BCUT2D eigenvalue weighted by Gasteiger charge is 2.08. The van der Waals surface area contributed by atoms with E-state index in [4.69, 9.17) is 5.21 Å². The van der Waals surface area contributed by atoms with Gasteiger partial charge in [-0.2, -0.15) is 0 Å². The molecule has 0 aromatic carbocycles. The smallest absolute Gasteiger partial charge is 0.277 e. The molecule has 7 nitrogen and oxygen atoms in total. The Bertz CT molecular complexity index is 544. The van der Waals surface area contributed by atoms with E-state index < -0.39 is 5.91 Å². The molecule has 2 heterocycles. The van der Waals surface area contributed by atoms with Crippen LogP contribution in [0.4, 0.5) is 5.95 Å². The minimum Gasteiger partial charge on any atom is -0.348 e. The SMILES string of the molecule is CC(Nc1ncc(C(=O)NO)cn1)c1ccncc1. The molecule has 2 aromatic rings. The topological polar surface area (TPSA) is 100 Å². The fourth-order valence-corrected chi connectivity index (χ4v) is 1.51. The Hall–Kier alpha value is -2.54. The molecule has 0 radical (unpaired) electrons. The van der Waals surface area contributed by atoms with Gasteiger partial charge in [0.15, 0.2) is 0 Å². The summed E-state index contributed by atoms with van der Waals surface area (Å²) < 4.78 is 0. The maximum atomic E-state index is 11.1. The Morgan fingerprint density at radius 2 is 1.89 bits per heavy atom. The lowest BCUT2D eigenvalue weighted by Crippen LogP contribution is -2.19. The second-order valence-corrected chi connectivity index (χ2v) is 3.88. The number of carbonyl (C=O) groups is 1. The van der Waals surface area contributed by atoms with Crippen LogP contribution in [0.5, 0.6) is 0 Å². The third-order valence-electron chi connectivity index (χ3n) is 2.57. The van der Waals surface area contributed by atoms with Gasteiger partial charge in [-0.3, -0.25) is 15.0 Å². The highest BCUT2D eigenvalue weighted by molar-refractivity contribution is 5.92. The van der Waals surface area contributed by atoms with Crippen LogP contribution in [0.15, 0.2) is 36.9 Å². The van der Waals surface area contributed by atoms with Gasteiger partial charge in [-0.1, -0.05) is 0 Å². The molecular formula is C12H13N5O2. The number of hydrogen-bond donors (Lipinski definition) is 3. The molecule has 0 aliphatic rings. The fourth-order valence-electron chi connectivity index (χ4n) is 1.51. The molecule has 0 saturated heterocycles. The van der Waals surface area contributed by atoms with Crippen LogP contribution in [0.1, 0.15) is 28.9 Å². The van der Waals surface area contributed by atoms with Crippen molar-refractivity contribution in [3.8, 4) is 0 Å². The highest BCUT2D eigenvalue weighted by Crippen LogP contribution is 2.15. The number of aromatic nitrogens is 3. The summed E-state index contributed by atoms with van der Waals surface area (Å²) >= 11 is 0. The van der Waals surface area contributed by atoms with E-state index in [1.54, 1.807) is 12.4 Å². The largest absolute Gasteiger partial charge is 0.348 e. The second-order valence-electron chi connectivity index (χ2n) is 3.88. The summed E-state index contributed by atoms with van der Waals surface area (Å²) in [6, 6.07) is 3.80. The predicted molar refractivity (Wildman–Crippen MR) is 67.6 cm³/mol. The minimum absolute atomic E-state index is 0.0144. The van der Waals surface area contributed by atoms with Crippen molar-refractivity contribution in [2.75, 3.05) is 5.32 Å². The standard InChI is InChI=1S/C12H13N5O2/c1-8(9-2-4-13-5-3-9)16-12-14-6-10(7-15-12)11(18)17-19/h2-8,19H,1H3,(H,17,18)(H,14,15,16). The Morgan fingerprint density at radius 1 is 1.26 bits per heavy atom. The van der Waals surface area contributed by atoms with Gasteiger partial charge in [-0.05, 0) is 24.6 Å². The molecule has 19 heavy (non-hydrogen) atoms. The number of nitrogens with zero attached hydrogens (tertiary/aromatic N) is 3. The maximum absolute atomic E-state index is 11.1. The number of carbonyl (C=O) groups excluding carboxylic acids is 1. The molecule has 1 atom stereocenters. The van der Waals surface area contributed by atoms with Gasteiger partial charge < -0.3 is 5.32 Å². The summed E-state index contributed by atoms with van der Waals surface area (Å²) in [6.07, 6.45) is 6.09. The molecule has 7 heteroatoms. The first-order valence-electron chi connectivity index (χ1n) is 5.63. The van der Waals surface area contributed by atoms with Crippen molar-refractivity contribution in [1.82, 2.24) is 20.4 Å². The van der Waals surface area contributed by atoms with Crippen LogP contribution in [-0.4, -0.2) is 26.1 Å². The first-order valence-corrected chi connectivity index (χ1v) is 5.63. The monoisotopic (exact) mass is 259 g/mol. The van der Waals surface area contributed by atoms with Crippen LogP contribution in [0.2, 0.25) is 0 Å². The van der Waals surface area contributed by atoms with Gasteiger partial charge in [0.1, 0.15) is 0 Å². The van der Waals surface area contributed by atoms with Gasteiger partial charge in [0.05, 0.1) is 11.6 Å². The quantitative estimate of drug-likeness (QED) is 0.563. The lowest BCUT2D eigenvalue weighted by atomic mass is 10.1. The zero-order valence-electron chi connectivity index (χ0n) is 10.2.